The Balaban J connectivity index is 1.77. The molecule has 22 heavy (non-hydrogen) atoms. The fraction of sp³-hybridized carbons (Fsp3) is 0.611. The number of hydrogen-bond donors (Lipinski definition) is 1. The van der Waals surface area contributed by atoms with Crippen LogP contribution in [0.2, 0.25) is 0 Å². The topological polar surface area (TPSA) is 35.6 Å². The lowest BCUT2D eigenvalue weighted by molar-refractivity contribution is -0.134. The molecule has 4 nitrogen and oxygen atoms in total. The third kappa shape index (κ3) is 4.82. The molecule has 0 bridgehead atoms. The lowest BCUT2D eigenvalue weighted by Crippen LogP contribution is -2.39. The van der Waals surface area contributed by atoms with Gasteiger partial charge in [0.05, 0.1) is 0 Å². The van der Waals surface area contributed by atoms with Gasteiger partial charge in [-0.15, -0.1) is 0 Å². The molecule has 0 saturated carbocycles. The summed E-state index contributed by atoms with van der Waals surface area (Å²) < 4.78 is 0. The Hall–Kier alpha value is -1.39. The first-order valence-electron chi connectivity index (χ1n) is 8.26. The Kier molecular flexibility index (Phi) is 6.40. The molecular weight excluding hydrogens is 274 g/mol. The van der Waals surface area contributed by atoms with Crippen molar-refractivity contribution in [2.24, 2.45) is 11.8 Å². The molecule has 4 heteroatoms. The number of carbonyl (C=O) groups excluding carboxylic acids is 1. The first kappa shape index (κ1) is 17.0. The summed E-state index contributed by atoms with van der Waals surface area (Å²) in [6, 6.07) is 10.6. The summed E-state index contributed by atoms with van der Waals surface area (Å²) in [4.78, 5) is 16.7. The second kappa shape index (κ2) is 8.30. The van der Waals surface area contributed by atoms with Crippen LogP contribution in [0.3, 0.4) is 0 Å². The number of rotatable bonds is 7. The minimum absolute atomic E-state index is 0.0526. The molecule has 122 valence electrons. The molecule has 1 heterocycles. The minimum Gasteiger partial charge on any atom is -0.345 e. The summed E-state index contributed by atoms with van der Waals surface area (Å²) >= 11 is 0. The first-order valence-corrected chi connectivity index (χ1v) is 8.26. The largest absolute Gasteiger partial charge is 0.345 e. The number of likely N-dealkylation sites (tertiary alicyclic amines) is 1. The van der Waals surface area contributed by atoms with E-state index < -0.39 is 0 Å². The molecule has 1 N–H and O–H groups in total. The van der Waals surface area contributed by atoms with Gasteiger partial charge < -0.3 is 10.2 Å². The maximum absolute atomic E-state index is 12.3. The Morgan fingerprint density at radius 3 is 2.82 bits per heavy atom. The highest BCUT2D eigenvalue weighted by Crippen LogP contribution is 2.20. The average molecular weight is 303 g/mol. The summed E-state index contributed by atoms with van der Waals surface area (Å²) in [7, 11) is 3.83. The van der Waals surface area contributed by atoms with E-state index in [2.05, 4.69) is 40.5 Å². The van der Waals surface area contributed by atoms with Crippen LogP contribution in [0, 0.1) is 11.8 Å². The van der Waals surface area contributed by atoms with Crippen molar-refractivity contribution in [3.8, 4) is 0 Å². The van der Waals surface area contributed by atoms with Crippen molar-refractivity contribution in [2.45, 2.75) is 19.9 Å². The van der Waals surface area contributed by atoms with Crippen LogP contribution in [-0.2, 0) is 11.3 Å². The molecule has 2 unspecified atom stereocenters. The number of hydrogen-bond acceptors (Lipinski definition) is 3. The Labute approximate surface area is 134 Å². The molecule has 2 rings (SSSR count). The molecule has 2 atom stereocenters. The molecule has 1 aliphatic rings. The maximum Gasteiger partial charge on any atom is 0.226 e. The van der Waals surface area contributed by atoms with E-state index in [4.69, 9.17) is 0 Å². The monoisotopic (exact) mass is 303 g/mol. The minimum atomic E-state index is 0.0526. The van der Waals surface area contributed by atoms with Gasteiger partial charge in [0.25, 0.3) is 0 Å². The highest BCUT2D eigenvalue weighted by atomic mass is 16.2. The second-order valence-corrected chi connectivity index (χ2v) is 6.55. The van der Waals surface area contributed by atoms with Crippen LogP contribution >= 0.6 is 0 Å². The standard InChI is InChI=1S/C18H29N3O/c1-15(11-19-2)18(22)20(3)12-17-9-10-21(14-17)13-16-7-5-4-6-8-16/h4-8,15,17,19H,9-14H2,1-3H3. The highest BCUT2D eigenvalue weighted by Gasteiger charge is 2.26. The molecule has 0 aromatic heterocycles. The van der Waals surface area contributed by atoms with Gasteiger partial charge in [-0.25, -0.2) is 0 Å². The fourth-order valence-electron chi connectivity index (χ4n) is 3.29. The lowest BCUT2D eigenvalue weighted by Gasteiger charge is -2.24. The van der Waals surface area contributed by atoms with E-state index in [1.54, 1.807) is 0 Å². The van der Waals surface area contributed by atoms with Crippen LogP contribution in [0.5, 0.6) is 0 Å². The van der Waals surface area contributed by atoms with Gasteiger partial charge in [-0.05, 0) is 31.5 Å². The predicted molar refractivity (Wildman–Crippen MR) is 90.6 cm³/mol. The quantitative estimate of drug-likeness (QED) is 0.834. The van der Waals surface area contributed by atoms with Crippen LogP contribution < -0.4 is 5.32 Å². The molecule has 1 amide bonds. The van der Waals surface area contributed by atoms with Gasteiger partial charge in [0.2, 0.25) is 5.91 Å². The van der Waals surface area contributed by atoms with Crippen molar-refractivity contribution in [2.75, 3.05) is 40.3 Å². The Morgan fingerprint density at radius 1 is 1.41 bits per heavy atom. The molecule has 0 radical (unpaired) electrons. The normalized spacial score (nSPS) is 20.0. The van der Waals surface area contributed by atoms with Crippen molar-refractivity contribution < 1.29 is 4.79 Å². The van der Waals surface area contributed by atoms with Crippen LogP contribution in [0.15, 0.2) is 30.3 Å². The first-order chi connectivity index (χ1) is 10.6. The van der Waals surface area contributed by atoms with E-state index >= 15 is 0 Å². The SMILES string of the molecule is CNCC(C)C(=O)N(C)CC1CCN(Cc2ccccc2)C1. The lowest BCUT2D eigenvalue weighted by atomic mass is 10.1. The van der Waals surface area contributed by atoms with Gasteiger partial charge in [0.1, 0.15) is 0 Å². The Morgan fingerprint density at radius 2 is 2.14 bits per heavy atom. The van der Waals surface area contributed by atoms with Crippen LogP contribution in [-0.4, -0.2) is 56.0 Å². The number of amides is 1. The summed E-state index contributed by atoms with van der Waals surface area (Å²) in [6.07, 6.45) is 1.19. The maximum atomic E-state index is 12.3. The van der Waals surface area contributed by atoms with Gasteiger partial charge in [0, 0.05) is 39.1 Å². The second-order valence-electron chi connectivity index (χ2n) is 6.55. The van der Waals surface area contributed by atoms with Crippen molar-refractivity contribution >= 4 is 5.91 Å². The van der Waals surface area contributed by atoms with Gasteiger partial charge in [-0.2, -0.15) is 0 Å². The molecule has 0 spiro atoms. The number of benzene rings is 1. The van der Waals surface area contributed by atoms with E-state index in [1.807, 2.05) is 25.9 Å². The Bertz CT molecular complexity index is 463. The van der Waals surface area contributed by atoms with E-state index in [0.29, 0.717) is 5.92 Å². The van der Waals surface area contributed by atoms with E-state index in [-0.39, 0.29) is 11.8 Å². The van der Waals surface area contributed by atoms with Crippen LogP contribution in [0.1, 0.15) is 18.9 Å². The van der Waals surface area contributed by atoms with Crippen LogP contribution in [0.25, 0.3) is 0 Å². The smallest absolute Gasteiger partial charge is 0.226 e. The number of carbonyl (C=O) groups is 1. The zero-order chi connectivity index (χ0) is 15.9. The van der Waals surface area contributed by atoms with Gasteiger partial charge >= 0.3 is 0 Å². The third-order valence-corrected chi connectivity index (χ3v) is 4.46. The zero-order valence-corrected chi connectivity index (χ0v) is 14.1. The fourth-order valence-corrected chi connectivity index (χ4v) is 3.29. The summed E-state index contributed by atoms with van der Waals surface area (Å²) in [5, 5.41) is 3.08. The molecule has 1 aromatic carbocycles. The van der Waals surface area contributed by atoms with Gasteiger partial charge in [-0.1, -0.05) is 37.3 Å². The average Bonchev–Trinajstić information content (AvgIpc) is 2.94. The molecule has 1 aliphatic heterocycles. The van der Waals surface area contributed by atoms with E-state index in [1.165, 1.54) is 12.0 Å². The zero-order valence-electron chi connectivity index (χ0n) is 14.1. The summed E-state index contributed by atoms with van der Waals surface area (Å²) in [6.45, 7) is 6.85. The van der Waals surface area contributed by atoms with E-state index in [9.17, 15) is 4.79 Å². The third-order valence-electron chi connectivity index (χ3n) is 4.46. The summed E-state index contributed by atoms with van der Waals surface area (Å²) in [5.41, 5.74) is 1.37. The van der Waals surface area contributed by atoms with Crippen molar-refractivity contribution in [3.63, 3.8) is 0 Å². The van der Waals surface area contributed by atoms with Crippen molar-refractivity contribution in [1.82, 2.24) is 15.1 Å². The summed E-state index contributed by atoms with van der Waals surface area (Å²) in [5.74, 6) is 0.895. The molecule has 1 fully saturated rings. The molecule has 0 aliphatic carbocycles. The molecular formula is C18H29N3O. The van der Waals surface area contributed by atoms with Crippen LogP contribution in [0.4, 0.5) is 0 Å². The van der Waals surface area contributed by atoms with Gasteiger partial charge in [-0.3, -0.25) is 9.69 Å². The van der Waals surface area contributed by atoms with E-state index in [0.717, 1.165) is 32.7 Å². The molecule has 1 aromatic rings. The number of nitrogens with zero attached hydrogens (tertiary/aromatic N) is 2. The molecule has 1 saturated heterocycles. The predicted octanol–water partition coefficient (Wildman–Crippen LogP) is 1.82. The number of nitrogens with one attached hydrogen (secondary N) is 1. The van der Waals surface area contributed by atoms with Crippen molar-refractivity contribution in [3.05, 3.63) is 35.9 Å². The van der Waals surface area contributed by atoms with Crippen molar-refractivity contribution in [1.29, 1.82) is 0 Å². The highest BCUT2D eigenvalue weighted by molar-refractivity contribution is 5.78. The van der Waals surface area contributed by atoms with Gasteiger partial charge in [0.15, 0.2) is 0 Å².